The molecule has 0 fully saturated rings. The zero-order chi connectivity index (χ0) is 12.1. The Hall–Kier alpha value is -2.24. The van der Waals surface area contributed by atoms with E-state index in [0.717, 1.165) is 5.69 Å². The Kier molecular flexibility index (Phi) is 3.44. The largest absolute Gasteiger partial charge is 0.355 e. The fourth-order valence-electron chi connectivity index (χ4n) is 1.41. The Bertz CT molecular complexity index is 494. The number of aromatic nitrogens is 4. The van der Waals surface area contributed by atoms with E-state index in [2.05, 4.69) is 20.6 Å². The van der Waals surface area contributed by atoms with E-state index in [1.54, 1.807) is 12.4 Å². The fourth-order valence-corrected chi connectivity index (χ4v) is 1.41. The summed E-state index contributed by atoms with van der Waals surface area (Å²) in [6.45, 7) is 2.66. The van der Waals surface area contributed by atoms with Gasteiger partial charge in [0.25, 0.3) is 0 Å². The fraction of sp³-hybridized carbons (Fsp3) is 0.273. The van der Waals surface area contributed by atoms with Gasteiger partial charge in [-0.2, -0.15) is 0 Å². The number of nitrogens with one attached hydrogen (secondary N) is 1. The number of hydrogen-bond donors (Lipinski definition) is 1. The first-order valence-electron chi connectivity index (χ1n) is 5.38. The van der Waals surface area contributed by atoms with Crippen molar-refractivity contribution in [3.8, 4) is 11.4 Å². The predicted octanol–water partition coefficient (Wildman–Crippen LogP) is 0.476. The Morgan fingerprint density at radius 2 is 2.29 bits per heavy atom. The molecule has 0 saturated carbocycles. The van der Waals surface area contributed by atoms with E-state index < -0.39 is 0 Å². The Morgan fingerprint density at radius 3 is 3.00 bits per heavy atom. The monoisotopic (exact) mass is 231 g/mol. The molecule has 0 unspecified atom stereocenters. The summed E-state index contributed by atoms with van der Waals surface area (Å²) in [6.07, 6.45) is 3.40. The Balaban J connectivity index is 2.09. The van der Waals surface area contributed by atoms with E-state index in [9.17, 15) is 4.79 Å². The maximum Gasteiger partial charge on any atom is 0.241 e. The second kappa shape index (κ2) is 5.20. The van der Waals surface area contributed by atoms with Crippen LogP contribution in [0.15, 0.2) is 30.6 Å². The molecule has 0 saturated heterocycles. The van der Waals surface area contributed by atoms with E-state index in [0.29, 0.717) is 12.2 Å². The van der Waals surface area contributed by atoms with Gasteiger partial charge in [-0.3, -0.25) is 9.78 Å². The number of carbonyl (C=O) groups is 1. The van der Waals surface area contributed by atoms with Crippen LogP contribution in [0.4, 0.5) is 0 Å². The van der Waals surface area contributed by atoms with Gasteiger partial charge in [-0.05, 0) is 19.1 Å². The highest BCUT2D eigenvalue weighted by Gasteiger charge is 2.06. The van der Waals surface area contributed by atoms with Crippen LogP contribution < -0.4 is 5.32 Å². The topological polar surface area (TPSA) is 72.7 Å². The highest BCUT2D eigenvalue weighted by molar-refractivity contribution is 5.75. The van der Waals surface area contributed by atoms with Crippen molar-refractivity contribution in [2.45, 2.75) is 13.5 Å². The molecule has 88 valence electrons. The zero-order valence-corrected chi connectivity index (χ0v) is 9.50. The minimum atomic E-state index is -0.0787. The van der Waals surface area contributed by atoms with Gasteiger partial charge in [0.05, 0.1) is 11.9 Å². The molecule has 1 amide bonds. The highest BCUT2D eigenvalue weighted by atomic mass is 16.2. The first kappa shape index (κ1) is 11.3. The van der Waals surface area contributed by atoms with Gasteiger partial charge >= 0.3 is 0 Å². The number of nitrogens with zero attached hydrogens (tertiary/aromatic N) is 4. The number of likely N-dealkylation sites (N-methyl/N-ethyl adjacent to an activating group) is 1. The number of amides is 1. The molecule has 17 heavy (non-hydrogen) atoms. The second-order valence-corrected chi connectivity index (χ2v) is 3.47. The van der Waals surface area contributed by atoms with Crippen LogP contribution in [-0.4, -0.2) is 32.4 Å². The van der Waals surface area contributed by atoms with Crippen molar-refractivity contribution < 1.29 is 4.79 Å². The number of pyridine rings is 1. The summed E-state index contributed by atoms with van der Waals surface area (Å²) in [7, 11) is 0. The predicted molar refractivity (Wildman–Crippen MR) is 61.9 cm³/mol. The molecule has 0 aromatic carbocycles. The average molecular weight is 231 g/mol. The molecule has 0 bridgehead atoms. The first-order chi connectivity index (χ1) is 8.29. The van der Waals surface area contributed by atoms with Crippen molar-refractivity contribution in [1.29, 1.82) is 0 Å². The van der Waals surface area contributed by atoms with E-state index in [1.165, 1.54) is 4.68 Å². The van der Waals surface area contributed by atoms with Gasteiger partial charge in [-0.25, -0.2) is 4.68 Å². The molecule has 2 heterocycles. The Labute approximate surface area is 98.7 Å². The number of hydrogen-bond acceptors (Lipinski definition) is 4. The normalized spacial score (nSPS) is 10.2. The van der Waals surface area contributed by atoms with Crippen molar-refractivity contribution in [1.82, 2.24) is 25.3 Å². The average Bonchev–Trinajstić information content (AvgIpc) is 2.79. The minimum absolute atomic E-state index is 0.0787. The summed E-state index contributed by atoms with van der Waals surface area (Å²) in [5, 5.41) is 10.6. The van der Waals surface area contributed by atoms with Crippen LogP contribution in [0.5, 0.6) is 0 Å². The van der Waals surface area contributed by atoms with Gasteiger partial charge in [-0.15, -0.1) is 5.10 Å². The third-order valence-corrected chi connectivity index (χ3v) is 2.15. The third kappa shape index (κ3) is 2.87. The molecule has 0 spiro atoms. The molecule has 6 heteroatoms. The highest BCUT2D eigenvalue weighted by Crippen LogP contribution is 2.11. The molecule has 0 atom stereocenters. The Morgan fingerprint density at radius 1 is 1.41 bits per heavy atom. The molecule has 0 aliphatic carbocycles. The minimum Gasteiger partial charge on any atom is -0.355 e. The lowest BCUT2D eigenvalue weighted by Crippen LogP contribution is -2.27. The van der Waals surface area contributed by atoms with Crippen LogP contribution in [0.25, 0.3) is 11.4 Å². The molecular weight excluding hydrogens is 218 g/mol. The molecule has 0 aliphatic heterocycles. The number of rotatable bonds is 4. The van der Waals surface area contributed by atoms with Crippen molar-refractivity contribution in [2.75, 3.05) is 6.54 Å². The summed E-state index contributed by atoms with van der Waals surface area (Å²) in [5.41, 5.74) is 1.41. The van der Waals surface area contributed by atoms with Gasteiger partial charge < -0.3 is 5.32 Å². The van der Waals surface area contributed by atoms with Gasteiger partial charge in [0, 0.05) is 12.7 Å². The van der Waals surface area contributed by atoms with Crippen LogP contribution in [0.2, 0.25) is 0 Å². The number of carbonyl (C=O) groups excluding carboxylic acids is 1. The van der Waals surface area contributed by atoms with Crippen LogP contribution in [0, 0.1) is 0 Å². The SMILES string of the molecule is CCNC(=O)Cn1cc(-c2ccccn2)nn1. The summed E-state index contributed by atoms with van der Waals surface area (Å²) >= 11 is 0. The lowest BCUT2D eigenvalue weighted by atomic mass is 10.3. The van der Waals surface area contributed by atoms with E-state index >= 15 is 0 Å². The van der Waals surface area contributed by atoms with Crippen LogP contribution >= 0.6 is 0 Å². The van der Waals surface area contributed by atoms with Gasteiger partial charge in [0.2, 0.25) is 5.91 Å². The van der Waals surface area contributed by atoms with Gasteiger partial charge in [-0.1, -0.05) is 11.3 Å². The molecule has 2 rings (SSSR count). The summed E-state index contributed by atoms with van der Waals surface area (Å²) in [4.78, 5) is 15.5. The van der Waals surface area contributed by atoms with Crippen molar-refractivity contribution in [3.05, 3.63) is 30.6 Å². The molecule has 0 radical (unpaired) electrons. The standard InChI is InChI=1S/C11H13N5O/c1-2-12-11(17)8-16-7-10(14-15-16)9-5-3-4-6-13-9/h3-7H,2,8H2,1H3,(H,12,17). The summed E-state index contributed by atoms with van der Waals surface area (Å²) in [6, 6.07) is 5.56. The molecule has 1 N–H and O–H groups in total. The summed E-state index contributed by atoms with van der Waals surface area (Å²) in [5.74, 6) is -0.0787. The lowest BCUT2D eigenvalue weighted by Gasteiger charge is -2.00. The van der Waals surface area contributed by atoms with Crippen LogP contribution in [-0.2, 0) is 11.3 Å². The smallest absolute Gasteiger partial charge is 0.241 e. The summed E-state index contributed by atoms with van der Waals surface area (Å²) < 4.78 is 1.50. The van der Waals surface area contributed by atoms with Gasteiger partial charge in [0.15, 0.2) is 0 Å². The van der Waals surface area contributed by atoms with E-state index in [4.69, 9.17) is 0 Å². The quantitative estimate of drug-likeness (QED) is 0.830. The van der Waals surface area contributed by atoms with Crippen LogP contribution in [0.3, 0.4) is 0 Å². The molecule has 6 nitrogen and oxygen atoms in total. The van der Waals surface area contributed by atoms with Crippen molar-refractivity contribution in [2.24, 2.45) is 0 Å². The zero-order valence-electron chi connectivity index (χ0n) is 9.50. The maximum atomic E-state index is 11.3. The second-order valence-electron chi connectivity index (χ2n) is 3.47. The van der Waals surface area contributed by atoms with Crippen molar-refractivity contribution in [3.63, 3.8) is 0 Å². The molecule has 0 aliphatic rings. The first-order valence-corrected chi connectivity index (χ1v) is 5.38. The van der Waals surface area contributed by atoms with E-state index in [-0.39, 0.29) is 12.5 Å². The van der Waals surface area contributed by atoms with Gasteiger partial charge in [0.1, 0.15) is 12.2 Å². The maximum absolute atomic E-state index is 11.3. The lowest BCUT2D eigenvalue weighted by molar-refractivity contribution is -0.121. The van der Waals surface area contributed by atoms with E-state index in [1.807, 2.05) is 25.1 Å². The van der Waals surface area contributed by atoms with Crippen molar-refractivity contribution >= 4 is 5.91 Å². The molecular formula is C11H13N5O. The molecule has 2 aromatic rings. The molecule has 2 aromatic heterocycles. The third-order valence-electron chi connectivity index (χ3n) is 2.15. The van der Waals surface area contributed by atoms with Crippen LogP contribution in [0.1, 0.15) is 6.92 Å².